The van der Waals surface area contributed by atoms with E-state index in [1.54, 1.807) is 19.2 Å². The number of benzene rings is 1. The summed E-state index contributed by atoms with van der Waals surface area (Å²) in [4.78, 5) is 12.2. The third-order valence-electron chi connectivity index (χ3n) is 2.86. The SMILES string of the molecule is COCCNC(=O)C(c1ccc(Cl)c(Cl)c1)C(C)C. The van der Waals surface area contributed by atoms with Crippen molar-refractivity contribution in [2.75, 3.05) is 20.3 Å². The van der Waals surface area contributed by atoms with Crippen molar-refractivity contribution in [3.05, 3.63) is 33.8 Å². The van der Waals surface area contributed by atoms with Crippen LogP contribution in [0.15, 0.2) is 18.2 Å². The number of rotatable bonds is 6. The van der Waals surface area contributed by atoms with Crippen molar-refractivity contribution >= 4 is 29.1 Å². The fraction of sp³-hybridized carbons (Fsp3) is 0.500. The van der Waals surface area contributed by atoms with E-state index in [0.717, 1.165) is 5.56 Å². The van der Waals surface area contributed by atoms with E-state index in [1.807, 2.05) is 19.9 Å². The number of halogens is 2. The Labute approximate surface area is 124 Å². The quantitative estimate of drug-likeness (QED) is 0.817. The number of methoxy groups -OCH3 is 1. The first-order valence-electron chi connectivity index (χ1n) is 6.19. The van der Waals surface area contributed by atoms with Gasteiger partial charge in [-0.05, 0) is 23.6 Å². The first-order chi connectivity index (χ1) is 8.97. The maximum absolute atomic E-state index is 12.2. The zero-order valence-corrected chi connectivity index (χ0v) is 12.9. The maximum Gasteiger partial charge on any atom is 0.227 e. The molecule has 0 saturated heterocycles. The molecule has 1 aromatic carbocycles. The van der Waals surface area contributed by atoms with Crippen LogP contribution in [-0.4, -0.2) is 26.2 Å². The monoisotopic (exact) mass is 303 g/mol. The molecule has 0 spiro atoms. The van der Waals surface area contributed by atoms with Gasteiger partial charge in [0, 0.05) is 13.7 Å². The Morgan fingerprint density at radius 1 is 1.32 bits per heavy atom. The molecule has 1 aromatic rings. The fourth-order valence-electron chi connectivity index (χ4n) is 1.93. The van der Waals surface area contributed by atoms with Crippen LogP contribution in [0.5, 0.6) is 0 Å². The van der Waals surface area contributed by atoms with Gasteiger partial charge in [0.1, 0.15) is 0 Å². The third kappa shape index (κ3) is 4.68. The number of ether oxygens (including phenoxy) is 1. The molecular formula is C14H19Cl2NO2. The van der Waals surface area contributed by atoms with Gasteiger partial charge in [-0.15, -0.1) is 0 Å². The molecule has 5 heteroatoms. The van der Waals surface area contributed by atoms with Gasteiger partial charge in [-0.1, -0.05) is 43.1 Å². The molecule has 0 fully saturated rings. The number of hydrogen-bond donors (Lipinski definition) is 1. The second kappa shape index (κ2) is 7.73. The molecule has 19 heavy (non-hydrogen) atoms. The maximum atomic E-state index is 12.2. The summed E-state index contributed by atoms with van der Waals surface area (Å²) >= 11 is 11.9. The molecule has 0 aliphatic rings. The van der Waals surface area contributed by atoms with Gasteiger partial charge >= 0.3 is 0 Å². The number of carbonyl (C=O) groups is 1. The Morgan fingerprint density at radius 2 is 2.00 bits per heavy atom. The minimum atomic E-state index is -0.244. The van der Waals surface area contributed by atoms with E-state index >= 15 is 0 Å². The van der Waals surface area contributed by atoms with Gasteiger partial charge in [0.2, 0.25) is 5.91 Å². The van der Waals surface area contributed by atoms with Crippen LogP contribution >= 0.6 is 23.2 Å². The molecule has 0 aliphatic carbocycles. The number of amides is 1. The van der Waals surface area contributed by atoms with E-state index < -0.39 is 0 Å². The van der Waals surface area contributed by atoms with Gasteiger partial charge in [0.25, 0.3) is 0 Å². The molecule has 106 valence electrons. The highest BCUT2D eigenvalue weighted by Gasteiger charge is 2.24. The summed E-state index contributed by atoms with van der Waals surface area (Å²) in [5.41, 5.74) is 0.874. The molecule has 1 atom stereocenters. The van der Waals surface area contributed by atoms with E-state index in [-0.39, 0.29) is 17.7 Å². The van der Waals surface area contributed by atoms with Crippen LogP contribution in [0.4, 0.5) is 0 Å². The van der Waals surface area contributed by atoms with E-state index in [1.165, 1.54) is 0 Å². The van der Waals surface area contributed by atoms with Crippen molar-refractivity contribution in [1.82, 2.24) is 5.32 Å². The Hall–Kier alpha value is -0.770. The zero-order valence-electron chi connectivity index (χ0n) is 11.4. The topological polar surface area (TPSA) is 38.3 Å². The fourth-order valence-corrected chi connectivity index (χ4v) is 2.24. The molecule has 1 rings (SSSR count). The van der Waals surface area contributed by atoms with E-state index in [9.17, 15) is 4.79 Å². The van der Waals surface area contributed by atoms with Crippen LogP contribution in [-0.2, 0) is 9.53 Å². The summed E-state index contributed by atoms with van der Waals surface area (Å²) in [6.07, 6.45) is 0. The van der Waals surface area contributed by atoms with Gasteiger partial charge in [-0.25, -0.2) is 0 Å². The number of carbonyl (C=O) groups excluding carboxylic acids is 1. The number of nitrogens with one attached hydrogen (secondary N) is 1. The first kappa shape index (κ1) is 16.3. The van der Waals surface area contributed by atoms with Gasteiger partial charge in [-0.3, -0.25) is 4.79 Å². The van der Waals surface area contributed by atoms with Crippen molar-refractivity contribution in [3.63, 3.8) is 0 Å². The highest BCUT2D eigenvalue weighted by molar-refractivity contribution is 6.42. The summed E-state index contributed by atoms with van der Waals surface area (Å²) in [6, 6.07) is 5.32. The molecular weight excluding hydrogens is 285 g/mol. The molecule has 0 saturated carbocycles. The molecule has 0 radical (unpaired) electrons. The lowest BCUT2D eigenvalue weighted by molar-refractivity contribution is -0.123. The lowest BCUT2D eigenvalue weighted by Gasteiger charge is -2.21. The van der Waals surface area contributed by atoms with Crippen molar-refractivity contribution < 1.29 is 9.53 Å². The van der Waals surface area contributed by atoms with Crippen LogP contribution in [0.25, 0.3) is 0 Å². The molecule has 1 N–H and O–H groups in total. The van der Waals surface area contributed by atoms with Gasteiger partial charge in [0.05, 0.1) is 22.6 Å². The van der Waals surface area contributed by atoms with Crippen LogP contribution < -0.4 is 5.32 Å². The van der Waals surface area contributed by atoms with Crippen LogP contribution in [0.1, 0.15) is 25.3 Å². The smallest absolute Gasteiger partial charge is 0.227 e. The summed E-state index contributed by atoms with van der Waals surface area (Å²) in [7, 11) is 1.60. The molecule has 1 amide bonds. The molecule has 0 aliphatic heterocycles. The van der Waals surface area contributed by atoms with Gasteiger partial charge in [0.15, 0.2) is 0 Å². The van der Waals surface area contributed by atoms with Crippen LogP contribution in [0.2, 0.25) is 10.0 Å². The predicted molar refractivity (Wildman–Crippen MR) is 78.9 cm³/mol. The van der Waals surface area contributed by atoms with Gasteiger partial charge < -0.3 is 10.1 Å². The van der Waals surface area contributed by atoms with E-state index in [4.69, 9.17) is 27.9 Å². The average Bonchev–Trinajstić information content (AvgIpc) is 2.34. The predicted octanol–water partition coefficient (Wildman–Crippen LogP) is 3.50. The van der Waals surface area contributed by atoms with Crippen LogP contribution in [0.3, 0.4) is 0 Å². The summed E-state index contributed by atoms with van der Waals surface area (Å²) < 4.78 is 4.92. The lowest BCUT2D eigenvalue weighted by atomic mass is 9.87. The average molecular weight is 304 g/mol. The minimum Gasteiger partial charge on any atom is -0.383 e. The second-order valence-corrected chi connectivity index (χ2v) is 5.49. The Kier molecular flexibility index (Phi) is 6.63. The summed E-state index contributed by atoms with van der Waals surface area (Å²) in [5, 5.41) is 3.82. The van der Waals surface area contributed by atoms with Crippen molar-refractivity contribution in [3.8, 4) is 0 Å². The lowest BCUT2D eigenvalue weighted by Crippen LogP contribution is -2.34. The first-order valence-corrected chi connectivity index (χ1v) is 6.94. The largest absolute Gasteiger partial charge is 0.383 e. The van der Waals surface area contributed by atoms with Crippen LogP contribution in [0, 0.1) is 5.92 Å². The Morgan fingerprint density at radius 3 is 2.53 bits per heavy atom. The summed E-state index contributed by atoms with van der Waals surface area (Å²) in [5.74, 6) is -0.100. The standard InChI is InChI=1S/C14H19Cl2NO2/c1-9(2)13(14(18)17-6-7-19-3)10-4-5-11(15)12(16)8-10/h4-5,8-9,13H,6-7H2,1-3H3,(H,17,18). The van der Waals surface area contributed by atoms with Crippen molar-refractivity contribution in [2.24, 2.45) is 5.92 Å². The zero-order chi connectivity index (χ0) is 14.4. The van der Waals surface area contributed by atoms with Gasteiger partial charge in [-0.2, -0.15) is 0 Å². The van der Waals surface area contributed by atoms with Crippen molar-refractivity contribution in [2.45, 2.75) is 19.8 Å². The van der Waals surface area contributed by atoms with E-state index in [0.29, 0.717) is 23.2 Å². The second-order valence-electron chi connectivity index (χ2n) is 4.68. The Bertz CT molecular complexity index is 435. The normalized spacial score (nSPS) is 12.5. The van der Waals surface area contributed by atoms with Crippen molar-refractivity contribution in [1.29, 1.82) is 0 Å². The highest BCUT2D eigenvalue weighted by atomic mass is 35.5. The Balaban J connectivity index is 2.87. The molecule has 3 nitrogen and oxygen atoms in total. The third-order valence-corrected chi connectivity index (χ3v) is 3.60. The number of hydrogen-bond acceptors (Lipinski definition) is 2. The highest BCUT2D eigenvalue weighted by Crippen LogP contribution is 2.30. The molecule has 0 aromatic heterocycles. The minimum absolute atomic E-state index is 0.0227. The molecule has 0 bridgehead atoms. The van der Waals surface area contributed by atoms with E-state index in [2.05, 4.69) is 5.32 Å². The summed E-state index contributed by atoms with van der Waals surface area (Å²) in [6.45, 7) is 5.00. The molecule has 1 unspecified atom stereocenters. The molecule has 0 heterocycles.